The molecule has 2 heterocycles. The fourth-order valence-corrected chi connectivity index (χ4v) is 4.91. The predicted molar refractivity (Wildman–Crippen MR) is 151 cm³/mol. The maximum atomic E-state index is 12.4. The van der Waals surface area contributed by atoms with Crippen molar-refractivity contribution in [2.24, 2.45) is 10.2 Å². The Kier molecular flexibility index (Phi) is 8.34. The van der Waals surface area contributed by atoms with Crippen molar-refractivity contribution in [3.63, 3.8) is 0 Å². The fraction of sp³-hybridized carbons (Fsp3) is 0.214. The first-order chi connectivity index (χ1) is 19.4. The molecule has 3 aromatic carbocycles. The van der Waals surface area contributed by atoms with Gasteiger partial charge in [0.15, 0.2) is 11.0 Å². The Bertz CT molecular complexity index is 1490. The van der Waals surface area contributed by atoms with Gasteiger partial charge in [0, 0.05) is 17.9 Å². The van der Waals surface area contributed by atoms with Crippen molar-refractivity contribution in [1.29, 1.82) is 0 Å². The Balaban J connectivity index is 1.26. The van der Waals surface area contributed by atoms with E-state index in [0.717, 1.165) is 46.4 Å². The van der Waals surface area contributed by atoms with Crippen molar-refractivity contribution >= 4 is 28.8 Å². The van der Waals surface area contributed by atoms with Crippen molar-refractivity contribution in [1.82, 2.24) is 14.8 Å². The van der Waals surface area contributed by atoms with E-state index in [9.17, 15) is 13.2 Å². The van der Waals surface area contributed by atoms with Crippen LogP contribution in [0.5, 0.6) is 11.5 Å². The molecular weight excluding hydrogens is 541 g/mol. The normalized spacial score (nSPS) is 15.1. The number of amidine groups is 1. The van der Waals surface area contributed by atoms with Crippen LogP contribution >= 0.6 is 11.8 Å². The summed E-state index contributed by atoms with van der Waals surface area (Å²) in [5.41, 5.74) is 3.16. The van der Waals surface area contributed by atoms with Crippen LogP contribution in [0.15, 0.2) is 89.3 Å². The highest BCUT2D eigenvalue weighted by Crippen LogP contribution is 2.33. The average Bonchev–Trinajstić information content (AvgIpc) is 3.44. The molecule has 5 rings (SSSR count). The summed E-state index contributed by atoms with van der Waals surface area (Å²) in [5, 5.41) is 14.1. The van der Waals surface area contributed by atoms with Crippen molar-refractivity contribution < 1.29 is 22.6 Å². The number of aromatic nitrogens is 3. The van der Waals surface area contributed by atoms with Gasteiger partial charge in [-0.3, -0.25) is 0 Å². The molecule has 12 heteroatoms. The van der Waals surface area contributed by atoms with Crippen LogP contribution in [0.1, 0.15) is 18.9 Å². The topological polar surface area (TPSA) is 77.1 Å². The molecule has 40 heavy (non-hydrogen) atoms. The number of thioether (sulfide) groups is 1. The summed E-state index contributed by atoms with van der Waals surface area (Å²) in [6.07, 6.45) is -0.513. The molecule has 0 atom stereocenters. The van der Waals surface area contributed by atoms with Gasteiger partial charge in [0.2, 0.25) is 0 Å². The predicted octanol–water partition coefficient (Wildman–Crippen LogP) is 6.57. The van der Waals surface area contributed by atoms with Gasteiger partial charge in [0.25, 0.3) is 0 Å². The van der Waals surface area contributed by atoms with Crippen LogP contribution in [0.3, 0.4) is 0 Å². The van der Waals surface area contributed by atoms with Gasteiger partial charge in [-0.15, -0.1) is 23.4 Å². The van der Waals surface area contributed by atoms with Gasteiger partial charge >= 0.3 is 6.36 Å². The lowest BCUT2D eigenvalue weighted by molar-refractivity contribution is -0.274. The molecule has 4 aromatic rings. The molecule has 1 saturated heterocycles. The highest BCUT2D eigenvalue weighted by Gasteiger charge is 2.31. The van der Waals surface area contributed by atoms with E-state index in [1.54, 1.807) is 18.0 Å². The molecular formula is C28H25F3N6O2S. The van der Waals surface area contributed by atoms with Gasteiger partial charge < -0.3 is 14.4 Å². The number of ether oxygens (including phenoxy) is 2. The van der Waals surface area contributed by atoms with Crippen molar-refractivity contribution in [2.45, 2.75) is 19.7 Å². The number of anilines is 1. The Morgan fingerprint density at radius 1 is 1.02 bits per heavy atom. The van der Waals surface area contributed by atoms with Gasteiger partial charge in [-0.2, -0.15) is 5.10 Å². The molecule has 0 aliphatic carbocycles. The molecule has 1 aromatic heterocycles. The van der Waals surface area contributed by atoms with Crippen LogP contribution in [-0.2, 0) is 0 Å². The van der Waals surface area contributed by atoms with Gasteiger partial charge in [0.1, 0.15) is 17.8 Å². The Morgan fingerprint density at radius 3 is 2.55 bits per heavy atom. The maximum absolute atomic E-state index is 12.4. The maximum Gasteiger partial charge on any atom is 0.573 e. The number of nitrogens with zero attached hydrogens (tertiary/aromatic N) is 6. The molecule has 0 radical (unpaired) electrons. The molecule has 0 saturated carbocycles. The first-order valence-corrected chi connectivity index (χ1v) is 13.5. The fourth-order valence-electron chi connectivity index (χ4n) is 4.01. The number of halogens is 3. The smallest absolute Gasteiger partial charge is 0.492 e. The lowest BCUT2D eigenvalue weighted by Crippen LogP contribution is -2.34. The Hall–Kier alpha value is -4.32. The second-order valence-electron chi connectivity index (χ2n) is 8.56. The van der Waals surface area contributed by atoms with Gasteiger partial charge in [0.05, 0.1) is 24.2 Å². The van der Waals surface area contributed by atoms with Crippen molar-refractivity contribution in [3.8, 4) is 28.6 Å². The third-order valence-electron chi connectivity index (χ3n) is 5.79. The number of alkyl halides is 3. The van der Waals surface area contributed by atoms with E-state index in [2.05, 4.69) is 29.9 Å². The Morgan fingerprint density at radius 2 is 1.80 bits per heavy atom. The lowest BCUT2D eigenvalue weighted by Gasteiger charge is -2.30. The van der Waals surface area contributed by atoms with Crippen molar-refractivity contribution in [2.75, 3.05) is 23.8 Å². The number of hydrogen-bond donors (Lipinski definition) is 0. The second kappa shape index (κ2) is 12.2. The largest absolute Gasteiger partial charge is 0.573 e. The zero-order valence-electron chi connectivity index (χ0n) is 21.5. The highest BCUT2D eigenvalue weighted by molar-refractivity contribution is 8.14. The lowest BCUT2D eigenvalue weighted by atomic mass is 10.1. The van der Waals surface area contributed by atoms with E-state index in [1.165, 1.54) is 35.3 Å². The zero-order chi connectivity index (χ0) is 28.0. The summed E-state index contributed by atoms with van der Waals surface area (Å²) in [5.74, 6) is 1.97. The monoisotopic (exact) mass is 566 g/mol. The Labute approximate surface area is 233 Å². The molecule has 0 N–H and O–H groups in total. The SMILES string of the molecule is CCOc1ccccc1N1CCCS/C1=N\N=C\c1ccc(-c2ncn(-c3ccc(OC(F)(F)F)cc3)n2)cc1. The molecule has 0 bridgehead atoms. The average molecular weight is 567 g/mol. The molecule has 1 aliphatic heterocycles. The van der Waals surface area contributed by atoms with E-state index >= 15 is 0 Å². The highest BCUT2D eigenvalue weighted by atomic mass is 32.2. The second-order valence-corrected chi connectivity index (χ2v) is 9.62. The third-order valence-corrected chi connectivity index (χ3v) is 6.84. The third kappa shape index (κ3) is 6.81. The minimum Gasteiger partial charge on any atom is -0.492 e. The van der Waals surface area contributed by atoms with E-state index < -0.39 is 6.36 Å². The molecule has 0 spiro atoms. The molecule has 8 nitrogen and oxygen atoms in total. The summed E-state index contributed by atoms with van der Waals surface area (Å²) in [6.45, 7) is 3.39. The van der Waals surface area contributed by atoms with Crippen molar-refractivity contribution in [3.05, 3.63) is 84.7 Å². The van der Waals surface area contributed by atoms with Crippen LogP contribution in [0, 0.1) is 0 Å². The minimum atomic E-state index is -4.74. The van der Waals surface area contributed by atoms with Gasteiger partial charge in [-0.05, 0) is 55.3 Å². The van der Waals surface area contributed by atoms with E-state index in [1.807, 2.05) is 55.5 Å². The molecule has 0 amide bonds. The summed E-state index contributed by atoms with van der Waals surface area (Å²) in [6, 6.07) is 20.8. The first kappa shape index (κ1) is 27.3. The minimum absolute atomic E-state index is 0.302. The summed E-state index contributed by atoms with van der Waals surface area (Å²) in [7, 11) is 0. The quantitative estimate of drug-likeness (QED) is 0.178. The first-order valence-electron chi connectivity index (χ1n) is 12.5. The summed E-state index contributed by atoms with van der Waals surface area (Å²) in [4.78, 5) is 6.46. The number of rotatable bonds is 8. The van der Waals surface area contributed by atoms with Crippen LogP contribution in [0.25, 0.3) is 17.1 Å². The van der Waals surface area contributed by atoms with Gasteiger partial charge in [-0.25, -0.2) is 9.67 Å². The van der Waals surface area contributed by atoms with Crippen LogP contribution in [-0.4, -0.2) is 51.4 Å². The molecule has 1 aliphatic rings. The number of benzene rings is 3. The van der Waals surface area contributed by atoms with Crippen LogP contribution in [0.4, 0.5) is 18.9 Å². The number of para-hydroxylation sites is 2. The number of hydrogen-bond acceptors (Lipinski definition) is 7. The molecule has 0 unspecified atom stereocenters. The summed E-state index contributed by atoms with van der Waals surface area (Å²) >= 11 is 1.66. The van der Waals surface area contributed by atoms with Crippen LogP contribution < -0.4 is 14.4 Å². The molecule has 206 valence electrons. The zero-order valence-corrected chi connectivity index (χ0v) is 22.3. The summed E-state index contributed by atoms with van der Waals surface area (Å²) < 4.78 is 48.3. The van der Waals surface area contributed by atoms with Gasteiger partial charge in [-0.1, -0.05) is 48.2 Å². The van der Waals surface area contributed by atoms with Crippen LogP contribution in [0.2, 0.25) is 0 Å². The van der Waals surface area contributed by atoms with E-state index in [0.29, 0.717) is 18.1 Å². The standard InChI is InChI=1S/C28H25F3N6O2S/c1-2-38-25-7-4-3-6-24(25)36-16-5-17-40-27(36)34-33-18-20-8-10-21(11-9-20)26-32-19-37(35-26)22-12-14-23(15-13-22)39-28(29,30)31/h3-4,6-15,18-19H,2,5,16-17H2,1H3/b33-18+,34-27-. The molecule has 1 fully saturated rings. The van der Waals surface area contributed by atoms with E-state index in [4.69, 9.17) is 4.74 Å². The van der Waals surface area contributed by atoms with E-state index in [-0.39, 0.29) is 5.75 Å².